The van der Waals surface area contributed by atoms with Gasteiger partial charge in [-0.25, -0.2) is 4.79 Å². The Balaban J connectivity index is 1.85. The van der Waals surface area contributed by atoms with Gasteiger partial charge in [-0.05, 0) is 29.8 Å². The van der Waals surface area contributed by atoms with Crippen LogP contribution in [-0.2, 0) is 16.0 Å². The fraction of sp³-hybridized carbons (Fsp3) is 0.118. The van der Waals surface area contributed by atoms with Gasteiger partial charge in [0, 0.05) is 5.56 Å². The number of rotatable bonds is 4. The highest BCUT2D eigenvalue weighted by Gasteiger charge is 2.09. The Hall–Kier alpha value is -3.15. The van der Waals surface area contributed by atoms with Gasteiger partial charge in [-0.15, -0.1) is 0 Å². The second-order valence-corrected chi connectivity index (χ2v) is 4.73. The van der Waals surface area contributed by atoms with E-state index in [0.29, 0.717) is 16.7 Å². The third-order valence-electron chi connectivity index (χ3n) is 3.09. The van der Waals surface area contributed by atoms with Crippen LogP contribution in [0, 0.1) is 0 Å². The highest BCUT2D eigenvalue weighted by Crippen LogP contribution is 2.06. The summed E-state index contributed by atoms with van der Waals surface area (Å²) < 4.78 is 4.60. The molecule has 0 saturated heterocycles. The summed E-state index contributed by atoms with van der Waals surface area (Å²) in [5.41, 5.74) is 6.27. The number of benzene rings is 2. The molecule has 6 nitrogen and oxygen atoms in total. The SMILES string of the molecule is COC(=O)c1ccc(CC(=O)NNC(=O)c2ccccc2)cc1. The molecule has 0 aromatic heterocycles. The maximum absolute atomic E-state index is 11.8. The van der Waals surface area contributed by atoms with Gasteiger partial charge in [0.25, 0.3) is 5.91 Å². The zero-order chi connectivity index (χ0) is 16.7. The number of carbonyl (C=O) groups is 3. The first-order valence-electron chi connectivity index (χ1n) is 6.91. The van der Waals surface area contributed by atoms with Crippen LogP contribution < -0.4 is 10.9 Å². The van der Waals surface area contributed by atoms with Crippen LogP contribution in [0.2, 0.25) is 0 Å². The van der Waals surface area contributed by atoms with E-state index >= 15 is 0 Å². The van der Waals surface area contributed by atoms with Gasteiger partial charge in [0.1, 0.15) is 0 Å². The van der Waals surface area contributed by atoms with Crippen molar-refractivity contribution < 1.29 is 19.1 Å². The van der Waals surface area contributed by atoms with Crippen molar-refractivity contribution in [2.45, 2.75) is 6.42 Å². The predicted octanol–water partition coefficient (Wildman–Crippen LogP) is 1.48. The van der Waals surface area contributed by atoms with E-state index in [9.17, 15) is 14.4 Å². The molecule has 23 heavy (non-hydrogen) atoms. The summed E-state index contributed by atoms with van der Waals surface area (Å²) in [6, 6.07) is 15.0. The summed E-state index contributed by atoms with van der Waals surface area (Å²) in [6.07, 6.45) is 0.0799. The molecule has 0 saturated carbocycles. The van der Waals surface area contributed by atoms with E-state index in [-0.39, 0.29) is 18.2 Å². The minimum Gasteiger partial charge on any atom is -0.465 e. The smallest absolute Gasteiger partial charge is 0.337 e. The first kappa shape index (κ1) is 16.2. The number of hydrogen-bond donors (Lipinski definition) is 2. The minimum absolute atomic E-state index is 0.0799. The van der Waals surface area contributed by atoms with E-state index in [1.807, 2.05) is 0 Å². The standard InChI is InChI=1S/C17H16N2O4/c1-23-17(22)14-9-7-12(8-10-14)11-15(20)18-19-16(21)13-5-3-2-4-6-13/h2-10H,11H2,1H3,(H,18,20)(H,19,21). The van der Waals surface area contributed by atoms with Crippen LogP contribution in [0.5, 0.6) is 0 Å². The Bertz CT molecular complexity index is 696. The third-order valence-corrected chi connectivity index (χ3v) is 3.09. The number of esters is 1. The summed E-state index contributed by atoms with van der Waals surface area (Å²) in [7, 11) is 1.30. The van der Waals surface area contributed by atoms with Gasteiger partial charge in [0.2, 0.25) is 5.91 Å². The van der Waals surface area contributed by atoms with Crippen LogP contribution >= 0.6 is 0 Å². The van der Waals surface area contributed by atoms with Gasteiger partial charge < -0.3 is 4.74 Å². The van der Waals surface area contributed by atoms with Crippen LogP contribution in [-0.4, -0.2) is 24.9 Å². The number of ether oxygens (including phenoxy) is 1. The van der Waals surface area contributed by atoms with E-state index in [1.54, 1.807) is 54.6 Å². The molecule has 2 amide bonds. The van der Waals surface area contributed by atoms with E-state index < -0.39 is 5.97 Å². The lowest BCUT2D eigenvalue weighted by Crippen LogP contribution is -2.42. The molecule has 2 aromatic rings. The first-order chi connectivity index (χ1) is 11.1. The molecule has 2 rings (SSSR count). The first-order valence-corrected chi connectivity index (χ1v) is 6.91. The maximum Gasteiger partial charge on any atom is 0.337 e. The topological polar surface area (TPSA) is 84.5 Å². The molecular formula is C17H16N2O4. The van der Waals surface area contributed by atoms with Crippen molar-refractivity contribution in [2.75, 3.05) is 7.11 Å². The molecule has 0 radical (unpaired) electrons. The number of methoxy groups -OCH3 is 1. The van der Waals surface area contributed by atoms with Gasteiger partial charge in [0.15, 0.2) is 0 Å². The minimum atomic E-state index is -0.434. The van der Waals surface area contributed by atoms with Crippen molar-refractivity contribution in [2.24, 2.45) is 0 Å². The van der Waals surface area contributed by atoms with Crippen molar-refractivity contribution in [3.8, 4) is 0 Å². The van der Waals surface area contributed by atoms with Crippen LogP contribution in [0.15, 0.2) is 54.6 Å². The number of amides is 2. The van der Waals surface area contributed by atoms with E-state index in [0.717, 1.165) is 0 Å². The quantitative estimate of drug-likeness (QED) is 0.661. The van der Waals surface area contributed by atoms with Crippen LogP contribution in [0.1, 0.15) is 26.3 Å². The van der Waals surface area contributed by atoms with Crippen molar-refractivity contribution in [3.63, 3.8) is 0 Å². The normalized spacial score (nSPS) is 9.78. The molecule has 0 heterocycles. The zero-order valence-corrected chi connectivity index (χ0v) is 12.5. The van der Waals surface area contributed by atoms with Crippen molar-refractivity contribution in [3.05, 3.63) is 71.3 Å². The van der Waals surface area contributed by atoms with Crippen molar-refractivity contribution >= 4 is 17.8 Å². The molecule has 0 atom stereocenters. The molecule has 0 spiro atoms. The highest BCUT2D eigenvalue weighted by molar-refractivity contribution is 5.95. The lowest BCUT2D eigenvalue weighted by molar-refractivity contribution is -0.121. The molecule has 118 valence electrons. The largest absolute Gasteiger partial charge is 0.465 e. The molecule has 6 heteroatoms. The molecule has 0 aliphatic heterocycles. The van der Waals surface area contributed by atoms with Crippen LogP contribution in [0.25, 0.3) is 0 Å². The molecule has 0 aliphatic rings. The van der Waals surface area contributed by atoms with Crippen LogP contribution in [0.3, 0.4) is 0 Å². The highest BCUT2D eigenvalue weighted by atomic mass is 16.5. The summed E-state index contributed by atoms with van der Waals surface area (Å²) in [5, 5.41) is 0. The number of hydrazine groups is 1. The van der Waals surface area contributed by atoms with E-state index in [2.05, 4.69) is 15.6 Å². The Kier molecular flexibility index (Phi) is 5.46. The van der Waals surface area contributed by atoms with Crippen molar-refractivity contribution in [1.82, 2.24) is 10.9 Å². The number of carbonyl (C=O) groups excluding carboxylic acids is 3. The lowest BCUT2D eigenvalue weighted by Gasteiger charge is -2.07. The fourth-order valence-corrected chi connectivity index (χ4v) is 1.89. The summed E-state index contributed by atoms with van der Waals surface area (Å²) >= 11 is 0. The van der Waals surface area contributed by atoms with Gasteiger partial charge in [0.05, 0.1) is 19.1 Å². The third kappa shape index (κ3) is 4.67. The van der Waals surface area contributed by atoms with E-state index in [4.69, 9.17) is 0 Å². The second kappa shape index (κ2) is 7.74. The summed E-state index contributed by atoms with van der Waals surface area (Å²) in [6.45, 7) is 0. The van der Waals surface area contributed by atoms with Gasteiger partial charge in [-0.2, -0.15) is 0 Å². The molecule has 0 bridgehead atoms. The van der Waals surface area contributed by atoms with Crippen LogP contribution in [0.4, 0.5) is 0 Å². The Morgan fingerprint density at radius 3 is 2.13 bits per heavy atom. The van der Waals surface area contributed by atoms with Gasteiger partial charge >= 0.3 is 5.97 Å². The predicted molar refractivity (Wildman–Crippen MR) is 83.5 cm³/mol. The molecule has 0 fully saturated rings. The average molecular weight is 312 g/mol. The average Bonchev–Trinajstić information content (AvgIpc) is 2.60. The zero-order valence-electron chi connectivity index (χ0n) is 12.5. The van der Waals surface area contributed by atoms with E-state index in [1.165, 1.54) is 7.11 Å². The Morgan fingerprint density at radius 1 is 0.870 bits per heavy atom. The van der Waals surface area contributed by atoms with Crippen molar-refractivity contribution in [1.29, 1.82) is 0 Å². The maximum atomic E-state index is 11.8. The molecule has 2 aromatic carbocycles. The molecular weight excluding hydrogens is 296 g/mol. The summed E-state index contributed by atoms with van der Waals surface area (Å²) in [5.74, 6) is -1.18. The van der Waals surface area contributed by atoms with Gasteiger partial charge in [-0.1, -0.05) is 30.3 Å². The lowest BCUT2D eigenvalue weighted by atomic mass is 10.1. The van der Waals surface area contributed by atoms with Gasteiger partial charge in [-0.3, -0.25) is 20.4 Å². The second-order valence-electron chi connectivity index (χ2n) is 4.73. The molecule has 0 aliphatic carbocycles. The Morgan fingerprint density at radius 2 is 1.52 bits per heavy atom. The monoisotopic (exact) mass is 312 g/mol. The fourth-order valence-electron chi connectivity index (χ4n) is 1.89. The molecule has 2 N–H and O–H groups in total. The Labute approximate surface area is 133 Å². The molecule has 0 unspecified atom stereocenters. The number of hydrogen-bond acceptors (Lipinski definition) is 4. The number of nitrogens with one attached hydrogen (secondary N) is 2. The summed E-state index contributed by atoms with van der Waals surface area (Å²) in [4.78, 5) is 34.9.